The Bertz CT molecular complexity index is 663. The van der Waals surface area contributed by atoms with Crippen LogP contribution in [0.5, 0.6) is 0 Å². The van der Waals surface area contributed by atoms with Gasteiger partial charge >= 0.3 is 11.9 Å². The van der Waals surface area contributed by atoms with Gasteiger partial charge in [0.25, 0.3) is 5.91 Å². The number of fused-ring (bicyclic) bond motifs is 1. The summed E-state index contributed by atoms with van der Waals surface area (Å²) in [6.45, 7) is -0.823. The molecule has 1 heterocycles. The molecule has 1 atom stereocenters. The Morgan fingerprint density at radius 2 is 2.00 bits per heavy atom. The first-order valence-corrected chi connectivity index (χ1v) is 7.93. The van der Waals surface area contributed by atoms with E-state index in [0.29, 0.717) is 5.69 Å². The molecule has 1 aromatic carbocycles. The lowest BCUT2D eigenvalue weighted by Crippen LogP contribution is -2.35. The number of nitrogens with one attached hydrogen (secondary N) is 2. The monoisotopic (exact) mass is 352 g/mol. The average Bonchev–Trinajstić information content (AvgIpc) is 2.58. The van der Waals surface area contributed by atoms with Crippen molar-refractivity contribution >= 4 is 41.2 Å². The van der Waals surface area contributed by atoms with Gasteiger partial charge in [0.15, 0.2) is 6.61 Å². The first-order chi connectivity index (χ1) is 11.5. The van der Waals surface area contributed by atoms with E-state index in [1.165, 1.54) is 18.9 Å². The molecule has 24 heavy (non-hydrogen) atoms. The molecule has 0 saturated carbocycles. The van der Waals surface area contributed by atoms with E-state index < -0.39 is 29.7 Å². The molecule has 0 unspecified atom stereocenters. The second kappa shape index (κ2) is 8.34. The smallest absolute Gasteiger partial charge is 0.325 e. The maximum atomic E-state index is 12.0. The van der Waals surface area contributed by atoms with Gasteiger partial charge in [-0.15, -0.1) is 11.8 Å². The lowest BCUT2D eigenvalue weighted by Gasteiger charge is -2.23. The molecule has 8 nitrogen and oxygen atoms in total. The first-order valence-electron chi connectivity index (χ1n) is 7.05. The maximum Gasteiger partial charge on any atom is 0.325 e. The Kier molecular flexibility index (Phi) is 6.19. The van der Waals surface area contributed by atoms with Crippen LogP contribution in [0.2, 0.25) is 0 Å². The molecule has 1 aromatic rings. The van der Waals surface area contributed by atoms with Crippen molar-refractivity contribution in [2.45, 2.75) is 16.6 Å². The van der Waals surface area contributed by atoms with Gasteiger partial charge < -0.3 is 20.1 Å². The Hall–Kier alpha value is -2.55. The summed E-state index contributed by atoms with van der Waals surface area (Å²) in [5.74, 6) is -2.19. The second-order valence-corrected chi connectivity index (χ2v) is 6.05. The number of methoxy groups -OCH3 is 1. The number of hydrogen-bond donors (Lipinski definition) is 2. The fraction of sp³-hybridized carbons (Fsp3) is 0.333. The molecule has 0 aromatic heterocycles. The summed E-state index contributed by atoms with van der Waals surface area (Å²) >= 11 is 1.27. The van der Waals surface area contributed by atoms with Gasteiger partial charge in [-0.1, -0.05) is 12.1 Å². The van der Waals surface area contributed by atoms with Crippen molar-refractivity contribution in [3.8, 4) is 0 Å². The Labute approximate surface area is 142 Å². The summed E-state index contributed by atoms with van der Waals surface area (Å²) < 4.78 is 9.17. The number of ether oxygens (including phenoxy) is 2. The molecule has 0 saturated heterocycles. The molecule has 9 heteroatoms. The number of carbonyl (C=O) groups excluding carboxylic acids is 4. The van der Waals surface area contributed by atoms with Crippen LogP contribution in [0.4, 0.5) is 5.69 Å². The third-order valence-electron chi connectivity index (χ3n) is 3.08. The topological polar surface area (TPSA) is 111 Å². The van der Waals surface area contributed by atoms with Crippen LogP contribution in [0.15, 0.2) is 29.2 Å². The van der Waals surface area contributed by atoms with Crippen LogP contribution in [-0.2, 0) is 28.7 Å². The lowest BCUT2D eigenvalue weighted by molar-refractivity contribution is -0.149. The first kappa shape index (κ1) is 17.8. The second-order valence-electron chi connectivity index (χ2n) is 4.81. The molecular weight excluding hydrogens is 336 g/mol. The van der Waals surface area contributed by atoms with E-state index in [-0.39, 0.29) is 18.9 Å². The van der Waals surface area contributed by atoms with E-state index in [2.05, 4.69) is 15.4 Å². The fourth-order valence-electron chi connectivity index (χ4n) is 1.88. The van der Waals surface area contributed by atoms with Crippen LogP contribution >= 0.6 is 11.8 Å². The third-order valence-corrected chi connectivity index (χ3v) is 4.36. The summed E-state index contributed by atoms with van der Waals surface area (Å²) in [5, 5.41) is 4.34. The number of carbonyl (C=O) groups is 4. The van der Waals surface area contributed by atoms with Gasteiger partial charge in [0.2, 0.25) is 5.91 Å². The van der Waals surface area contributed by atoms with Crippen LogP contribution in [-0.4, -0.2) is 49.3 Å². The SMILES string of the molecule is COC(=O)CNC(=O)COC(=O)C[C@@H]1Sc2ccccc2NC1=O. The van der Waals surface area contributed by atoms with Gasteiger partial charge in [-0.2, -0.15) is 0 Å². The molecule has 0 bridgehead atoms. The van der Waals surface area contributed by atoms with E-state index in [1.54, 1.807) is 12.1 Å². The highest BCUT2D eigenvalue weighted by Gasteiger charge is 2.29. The van der Waals surface area contributed by atoms with Crippen molar-refractivity contribution in [2.24, 2.45) is 0 Å². The number of thioether (sulfide) groups is 1. The van der Waals surface area contributed by atoms with Gasteiger partial charge in [0.1, 0.15) is 6.54 Å². The third kappa shape index (κ3) is 4.98. The highest BCUT2D eigenvalue weighted by atomic mass is 32.2. The molecule has 0 fully saturated rings. The summed E-state index contributed by atoms with van der Waals surface area (Å²) in [5.41, 5.74) is 0.708. The summed E-state index contributed by atoms with van der Waals surface area (Å²) in [7, 11) is 1.19. The maximum absolute atomic E-state index is 12.0. The Morgan fingerprint density at radius 3 is 2.75 bits per heavy atom. The number of benzene rings is 1. The summed E-state index contributed by atoms with van der Waals surface area (Å²) in [6.07, 6.45) is -0.158. The fourth-order valence-corrected chi connectivity index (χ4v) is 2.97. The molecule has 0 spiro atoms. The van der Waals surface area contributed by atoms with Crippen LogP contribution in [0, 0.1) is 0 Å². The normalized spacial score (nSPS) is 15.7. The quantitative estimate of drug-likeness (QED) is 0.709. The predicted octanol–water partition coefficient (Wildman–Crippen LogP) is 0.322. The van der Waals surface area contributed by atoms with Crippen molar-refractivity contribution < 1.29 is 28.7 Å². The van der Waals surface area contributed by atoms with Crippen LogP contribution < -0.4 is 10.6 Å². The van der Waals surface area contributed by atoms with Crippen molar-refractivity contribution in [2.75, 3.05) is 25.6 Å². The van der Waals surface area contributed by atoms with Gasteiger partial charge in [0, 0.05) is 4.90 Å². The van der Waals surface area contributed by atoms with E-state index in [1.807, 2.05) is 12.1 Å². The number of esters is 2. The Balaban J connectivity index is 1.77. The van der Waals surface area contributed by atoms with Crippen LogP contribution in [0.25, 0.3) is 0 Å². The van der Waals surface area contributed by atoms with Crippen molar-refractivity contribution in [3.05, 3.63) is 24.3 Å². The molecule has 0 radical (unpaired) electrons. The lowest BCUT2D eigenvalue weighted by atomic mass is 10.2. The van der Waals surface area contributed by atoms with E-state index in [4.69, 9.17) is 4.74 Å². The van der Waals surface area contributed by atoms with E-state index in [0.717, 1.165) is 4.90 Å². The van der Waals surface area contributed by atoms with Crippen molar-refractivity contribution in [1.82, 2.24) is 5.32 Å². The molecule has 1 aliphatic rings. The minimum Gasteiger partial charge on any atom is -0.468 e. The van der Waals surface area contributed by atoms with Crippen LogP contribution in [0.3, 0.4) is 0 Å². The molecule has 2 rings (SSSR count). The highest BCUT2D eigenvalue weighted by Crippen LogP contribution is 2.36. The number of anilines is 1. The molecule has 2 N–H and O–H groups in total. The molecule has 128 valence electrons. The molecule has 2 amide bonds. The number of amides is 2. The van der Waals surface area contributed by atoms with Crippen molar-refractivity contribution in [3.63, 3.8) is 0 Å². The van der Waals surface area contributed by atoms with Gasteiger partial charge in [-0.3, -0.25) is 19.2 Å². The largest absolute Gasteiger partial charge is 0.468 e. The van der Waals surface area contributed by atoms with Crippen molar-refractivity contribution in [1.29, 1.82) is 0 Å². The number of para-hydroxylation sites is 1. The zero-order chi connectivity index (χ0) is 17.5. The highest BCUT2D eigenvalue weighted by molar-refractivity contribution is 8.01. The van der Waals surface area contributed by atoms with Crippen LogP contribution in [0.1, 0.15) is 6.42 Å². The zero-order valence-corrected chi connectivity index (χ0v) is 13.7. The Morgan fingerprint density at radius 1 is 1.25 bits per heavy atom. The molecule has 1 aliphatic heterocycles. The zero-order valence-electron chi connectivity index (χ0n) is 12.9. The minimum absolute atomic E-state index is 0.158. The number of hydrogen-bond acceptors (Lipinski definition) is 7. The average molecular weight is 352 g/mol. The number of rotatable bonds is 6. The standard InChI is InChI=1S/C15H16N2O6S/c1-22-14(20)7-16-12(18)8-23-13(19)6-11-15(21)17-9-4-2-3-5-10(9)24-11/h2-5,11H,6-8H2,1H3,(H,16,18)(H,17,21)/t11-/m0/s1. The minimum atomic E-state index is -0.671. The summed E-state index contributed by atoms with van der Waals surface area (Å²) in [4.78, 5) is 46.9. The molecule has 0 aliphatic carbocycles. The van der Waals surface area contributed by atoms with Gasteiger partial charge in [0.05, 0.1) is 24.5 Å². The summed E-state index contributed by atoms with van der Waals surface area (Å²) in [6, 6.07) is 7.27. The van der Waals surface area contributed by atoms with Gasteiger partial charge in [-0.25, -0.2) is 0 Å². The van der Waals surface area contributed by atoms with Gasteiger partial charge in [-0.05, 0) is 12.1 Å². The van der Waals surface area contributed by atoms with E-state index in [9.17, 15) is 19.2 Å². The van der Waals surface area contributed by atoms with E-state index >= 15 is 0 Å². The molecular formula is C15H16N2O6S. The predicted molar refractivity (Wildman–Crippen MR) is 85.3 cm³/mol.